The zero-order valence-corrected chi connectivity index (χ0v) is 17.9. The minimum atomic E-state index is -3.80. The van der Waals surface area contributed by atoms with Gasteiger partial charge in [-0.2, -0.15) is 4.31 Å². The summed E-state index contributed by atoms with van der Waals surface area (Å²) in [5.74, 6) is 1.58. The molecule has 1 aliphatic heterocycles. The SMILES string of the molecule is COc1ccc(C2c3cccn3CCN2S(=O)(=O)c2ccc(OC)c(OC)c2)cc1. The fraction of sp³-hybridized carbons (Fsp3) is 0.273. The molecular weight excluding hydrogens is 404 g/mol. The lowest BCUT2D eigenvalue weighted by Crippen LogP contribution is -2.42. The minimum absolute atomic E-state index is 0.165. The minimum Gasteiger partial charge on any atom is -0.497 e. The summed E-state index contributed by atoms with van der Waals surface area (Å²) in [5.41, 5.74) is 1.80. The fourth-order valence-corrected chi connectivity index (χ4v) is 5.45. The van der Waals surface area contributed by atoms with Gasteiger partial charge in [0.15, 0.2) is 11.5 Å². The van der Waals surface area contributed by atoms with Gasteiger partial charge in [-0.25, -0.2) is 8.42 Å². The van der Waals surface area contributed by atoms with E-state index in [9.17, 15) is 8.42 Å². The molecule has 158 valence electrons. The molecule has 0 spiro atoms. The zero-order chi connectivity index (χ0) is 21.3. The highest BCUT2D eigenvalue weighted by atomic mass is 32.2. The van der Waals surface area contributed by atoms with Gasteiger partial charge >= 0.3 is 0 Å². The first-order valence-electron chi connectivity index (χ1n) is 9.52. The molecule has 2 heterocycles. The summed E-state index contributed by atoms with van der Waals surface area (Å²) in [6.45, 7) is 0.941. The summed E-state index contributed by atoms with van der Waals surface area (Å²) in [6.07, 6.45) is 1.98. The third kappa shape index (κ3) is 3.42. The molecule has 3 aromatic rings. The van der Waals surface area contributed by atoms with Gasteiger partial charge < -0.3 is 18.8 Å². The van der Waals surface area contributed by atoms with Crippen molar-refractivity contribution >= 4 is 10.0 Å². The molecule has 1 unspecified atom stereocenters. The first-order valence-corrected chi connectivity index (χ1v) is 11.0. The molecule has 0 radical (unpaired) electrons. The molecule has 0 bridgehead atoms. The van der Waals surface area contributed by atoms with Crippen LogP contribution in [0, 0.1) is 0 Å². The summed E-state index contributed by atoms with van der Waals surface area (Å²) < 4.78 is 46.8. The highest BCUT2D eigenvalue weighted by Gasteiger charge is 2.38. The highest BCUT2D eigenvalue weighted by molar-refractivity contribution is 7.89. The standard InChI is InChI=1S/C22H24N2O5S/c1-27-17-8-6-16(7-9-17)22-19-5-4-12-23(19)13-14-24(22)30(25,26)18-10-11-20(28-2)21(15-18)29-3/h4-12,15,22H,13-14H2,1-3H3. The van der Waals surface area contributed by atoms with Crippen LogP contribution in [0.25, 0.3) is 0 Å². The smallest absolute Gasteiger partial charge is 0.244 e. The molecular formula is C22H24N2O5S. The van der Waals surface area contributed by atoms with E-state index in [4.69, 9.17) is 14.2 Å². The number of hydrogen-bond acceptors (Lipinski definition) is 5. The molecule has 0 N–H and O–H groups in total. The van der Waals surface area contributed by atoms with Gasteiger partial charge in [0, 0.05) is 31.0 Å². The van der Waals surface area contributed by atoms with E-state index in [2.05, 4.69) is 4.57 Å². The van der Waals surface area contributed by atoms with Crippen LogP contribution >= 0.6 is 0 Å². The number of ether oxygens (including phenoxy) is 3. The average Bonchev–Trinajstić information content (AvgIpc) is 3.27. The summed E-state index contributed by atoms with van der Waals surface area (Å²) in [5, 5.41) is 0. The molecule has 7 nitrogen and oxygen atoms in total. The van der Waals surface area contributed by atoms with Crippen LogP contribution in [0.5, 0.6) is 17.2 Å². The van der Waals surface area contributed by atoms with E-state index in [1.54, 1.807) is 23.5 Å². The molecule has 0 saturated carbocycles. The number of hydrogen-bond donors (Lipinski definition) is 0. The van der Waals surface area contributed by atoms with Crippen LogP contribution in [0.1, 0.15) is 17.3 Å². The van der Waals surface area contributed by atoms with Crippen molar-refractivity contribution in [3.05, 3.63) is 72.1 Å². The first-order chi connectivity index (χ1) is 14.5. The monoisotopic (exact) mass is 428 g/mol. The molecule has 1 atom stereocenters. The summed E-state index contributed by atoms with van der Waals surface area (Å²) in [6, 6.07) is 15.6. The Bertz CT molecular complexity index is 1140. The Labute approximate surface area is 176 Å². The molecule has 1 aliphatic rings. The Balaban J connectivity index is 1.81. The number of fused-ring (bicyclic) bond motifs is 1. The quantitative estimate of drug-likeness (QED) is 0.603. The fourth-order valence-electron chi connectivity index (χ4n) is 3.86. The van der Waals surface area contributed by atoms with Gasteiger partial charge in [-0.1, -0.05) is 12.1 Å². The summed E-state index contributed by atoms with van der Waals surface area (Å²) in [7, 11) is 0.812. The Morgan fingerprint density at radius 1 is 0.867 bits per heavy atom. The van der Waals surface area contributed by atoms with Gasteiger partial charge in [0.1, 0.15) is 5.75 Å². The van der Waals surface area contributed by atoms with E-state index in [0.717, 1.165) is 17.0 Å². The van der Waals surface area contributed by atoms with Crippen molar-refractivity contribution in [3.63, 3.8) is 0 Å². The highest BCUT2D eigenvalue weighted by Crippen LogP contribution is 2.38. The van der Waals surface area contributed by atoms with Crippen LogP contribution in [0.15, 0.2) is 65.7 Å². The molecule has 4 rings (SSSR count). The maximum atomic E-state index is 13.7. The van der Waals surface area contributed by atoms with Crippen molar-refractivity contribution < 1.29 is 22.6 Å². The van der Waals surface area contributed by atoms with E-state index in [0.29, 0.717) is 24.6 Å². The number of benzene rings is 2. The van der Waals surface area contributed by atoms with E-state index < -0.39 is 16.1 Å². The van der Waals surface area contributed by atoms with Crippen molar-refractivity contribution in [2.45, 2.75) is 17.5 Å². The zero-order valence-electron chi connectivity index (χ0n) is 17.1. The lowest BCUT2D eigenvalue weighted by atomic mass is 10.0. The number of methoxy groups -OCH3 is 3. The van der Waals surface area contributed by atoms with Gasteiger partial charge in [0.05, 0.1) is 32.3 Å². The van der Waals surface area contributed by atoms with Crippen LogP contribution < -0.4 is 14.2 Å². The largest absolute Gasteiger partial charge is 0.497 e. The van der Waals surface area contributed by atoms with Crippen LogP contribution in [-0.2, 0) is 16.6 Å². The molecule has 0 saturated heterocycles. The van der Waals surface area contributed by atoms with Gasteiger partial charge in [0.2, 0.25) is 10.0 Å². The maximum absolute atomic E-state index is 13.7. The molecule has 0 fully saturated rings. The van der Waals surface area contributed by atoms with E-state index in [1.807, 2.05) is 42.6 Å². The second-order valence-electron chi connectivity index (χ2n) is 6.93. The summed E-state index contributed by atoms with van der Waals surface area (Å²) >= 11 is 0. The second-order valence-corrected chi connectivity index (χ2v) is 8.83. The van der Waals surface area contributed by atoms with E-state index >= 15 is 0 Å². The summed E-state index contributed by atoms with van der Waals surface area (Å²) in [4.78, 5) is 0.165. The van der Waals surface area contributed by atoms with Crippen LogP contribution in [0.2, 0.25) is 0 Å². The Kier molecular flexibility index (Phi) is 5.44. The third-order valence-electron chi connectivity index (χ3n) is 5.39. The first kappa shape index (κ1) is 20.3. The Morgan fingerprint density at radius 2 is 1.60 bits per heavy atom. The van der Waals surface area contributed by atoms with Gasteiger partial charge in [0.25, 0.3) is 0 Å². The van der Waals surface area contributed by atoms with Gasteiger partial charge in [-0.3, -0.25) is 0 Å². The van der Waals surface area contributed by atoms with Crippen molar-refractivity contribution in [2.24, 2.45) is 0 Å². The Morgan fingerprint density at radius 3 is 2.27 bits per heavy atom. The molecule has 8 heteroatoms. The van der Waals surface area contributed by atoms with Crippen LogP contribution in [0.4, 0.5) is 0 Å². The van der Waals surface area contributed by atoms with Gasteiger partial charge in [-0.05, 0) is 42.0 Å². The van der Waals surface area contributed by atoms with Crippen LogP contribution in [0.3, 0.4) is 0 Å². The molecule has 30 heavy (non-hydrogen) atoms. The third-order valence-corrected chi connectivity index (χ3v) is 7.25. The molecule has 0 aliphatic carbocycles. The number of sulfonamides is 1. The van der Waals surface area contributed by atoms with Crippen LogP contribution in [-0.4, -0.2) is 45.2 Å². The lowest BCUT2D eigenvalue weighted by molar-refractivity contribution is 0.298. The molecule has 0 amide bonds. The van der Waals surface area contributed by atoms with E-state index in [-0.39, 0.29) is 4.90 Å². The number of nitrogens with zero attached hydrogens (tertiary/aromatic N) is 2. The second kappa shape index (κ2) is 8.04. The average molecular weight is 429 g/mol. The number of aromatic nitrogens is 1. The van der Waals surface area contributed by atoms with Crippen molar-refractivity contribution in [3.8, 4) is 17.2 Å². The topological polar surface area (TPSA) is 70.0 Å². The van der Waals surface area contributed by atoms with Gasteiger partial charge in [-0.15, -0.1) is 0 Å². The van der Waals surface area contributed by atoms with E-state index in [1.165, 1.54) is 20.3 Å². The normalized spacial score (nSPS) is 16.7. The molecule has 1 aromatic heterocycles. The predicted octanol–water partition coefficient (Wildman–Crippen LogP) is 3.31. The Hall–Kier alpha value is -2.97. The number of rotatable bonds is 6. The van der Waals surface area contributed by atoms with Crippen molar-refractivity contribution in [1.82, 2.24) is 8.87 Å². The van der Waals surface area contributed by atoms with Crippen molar-refractivity contribution in [2.75, 3.05) is 27.9 Å². The predicted molar refractivity (Wildman–Crippen MR) is 113 cm³/mol. The lowest BCUT2D eigenvalue weighted by Gasteiger charge is -2.36. The maximum Gasteiger partial charge on any atom is 0.244 e. The molecule has 2 aromatic carbocycles. The van der Waals surface area contributed by atoms with Crippen molar-refractivity contribution in [1.29, 1.82) is 0 Å².